The molecule has 1 nitrogen and oxygen atoms in total. The maximum absolute atomic E-state index is 13.5. The van der Waals surface area contributed by atoms with Gasteiger partial charge in [0.2, 0.25) is 11.8 Å². The summed E-state index contributed by atoms with van der Waals surface area (Å²) < 4.78 is 117. The Labute approximate surface area is 116 Å². The third kappa shape index (κ3) is 2.48. The van der Waals surface area contributed by atoms with Gasteiger partial charge < -0.3 is 0 Å². The second kappa shape index (κ2) is 5.18. The van der Waals surface area contributed by atoms with Gasteiger partial charge in [0.25, 0.3) is 0 Å². The van der Waals surface area contributed by atoms with Crippen LogP contribution >= 0.6 is 0 Å². The van der Waals surface area contributed by atoms with E-state index in [1.807, 2.05) is 0 Å². The molecule has 2 aromatic rings. The molecule has 0 unspecified atom stereocenters. The van der Waals surface area contributed by atoms with Crippen LogP contribution < -0.4 is 0 Å². The lowest BCUT2D eigenvalue weighted by molar-refractivity contribution is -0.141. The zero-order valence-corrected chi connectivity index (χ0v) is 10.0. The highest BCUT2D eigenvalue weighted by molar-refractivity contribution is 5.68. The number of pyridine rings is 1. The lowest BCUT2D eigenvalue weighted by Crippen LogP contribution is -2.13. The first-order chi connectivity index (χ1) is 10.1. The maximum atomic E-state index is 13.5. The molecule has 0 aliphatic carbocycles. The van der Waals surface area contributed by atoms with Crippen LogP contribution in [0, 0.1) is 35.0 Å². The molecule has 2 rings (SSSR count). The monoisotopic (exact) mass is 331 g/mol. The predicted molar refractivity (Wildman–Crippen MR) is 54.4 cm³/mol. The van der Waals surface area contributed by atoms with Gasteiger partial charge in [-0.25, -0.2) is 26.9 Å². The van der Waals surface area contributed by atoms with E-state index in [1.54, 1.807) is 0 Å². The van der Waals surface area contributed by atoms with Crippen LogP contribution in [0.2, 0.25) is 0 Å². The van der Waals surface area contributed by atoms with Crippen molar-refractivity contribution in [3.63, 3.8) is 0 Å². The van der Waals surface area contributed by atoms with Crippen molar-refractivity contribution in [3.05, 3.63) is 52.9 Å². The van der Waals surface area contributed by atoms with Gasteiger partial charge in [-0.05, 0) is 12.1 Å². The number of benzene rings is 1. The van der Waals surface area contributed by atoms with E-state index in [0.717, 1.165) is 0 Å². The number of nitrogens with zero attached hydrogens (tertiary/aromatic N) is 1. The molecule has 1 aromatic heterocycles. The van der Waals surface area contributed by atoms with Crippen molar-refractivity contribution < 1.29 is 39.5 Å². The summed E-state index contributed by atoms with van der Waals surface area (Å²) in [6.45, 7) is 0. The van der Waals surface area contributed by atoms with Crippen molar-refractivity contribution in [2.75, 3.05) is 0 Å². The molecule has 0 saturated carbocycles. The fraction of sp³-hybridized carbons (Fsp3) is 0.0833. The first kappa shape index (κ1) is 16.1. The summed E-state index contributed by atoms with van der Waals surface area (Å²) in [5, 5.41) is 0. The van der Waals surface area contributed by atoms with Crippen LogP contribution in [0.15, 0.2) is 12.1 Å². The second-order valence-electron chi connectivity index (χ2n) is 3.97. The fourth-order valence-electron chi connectivity index (χ4n) is 1.69. The van der Waals surface area contributed by atoms with E-state index in [9.17, 15) is 39.5 Å². The van der Waals surface area contributed by atoms with E-state index >= 15 is 0 Å². The van der Waals surface area contributed by atoms with Crippen molar-refractivity contribution in [1.29, 1.82) is 0 Å². The molecule has 0 spiro atoms. The Morgan fingerprint density at radius 3 is 1.59 bits per heavy atom. The van der Waals surface area contributed by atoms with Crippen molar-refractivity contribution >= 4 is 0 Å². The molecule has 0 amide bonds. The summed E-state index contributed by atoms with van der Waals surface area (Å²) in [6.07, 6.45) is -5.38. The van der Waals surface area contributed by atoms with Gasteiger partial charge in [-0.1, -0.05) is 0 Å². The zero-order valence-electron chi connectivity index (χ0n) is 10.0. The fourth-order valence-corrected chi connectivity index (χ4v) is 1.69. The second-order valence-corrected chi connectivity index (χ2v) is 3.97. The number of halogens is 9. The van der Waals surface area contributed by atoms with Gasteiger partial charge in [-0.15, -0.1) is 0 Å². The van der Waals surface area contributed by atoms with Gasteiger partial charge >= 0.3 is 6.18 Å². The number of rotatable bonds is 1. The highest BCUT2D eigenvalue weighted by atomic mass is 19.4. The Balaban J connectivity index is 2.90. The summed E-state index contributed by atoms with van der Waals surface area (Å²) in [5.74, 6) is -14.0. The van der Waals surface area contributed by atoms with Gasteiger partial charge in [0.1, 0.15) is 0 Å². The van der Waals surface area contributed by atoms with Crippen molar-refractivity contribution in [2.24, 2.45) is 0 Å². The molecule has 0 aliphatic heterocycles. The lowest BCUT2D eigenvalue weighted by atomic mass is 10.0. The van der Waals surface area contributed by atoms with E-state index in [0.29, 0.717) is 6.07 Å². The SMILES string of the molecule is Fc1ccc(-c2c(F)c(F)c(F)c(F)c2F)c(C(F)(F)F)n1. The first-order valence-corrected chi connectivity index (χ1v) is 5.31. The Kier molecular flexibility index (Phi) is 3.80. The molecule has 0 saturated heterocycles. The van der Waals surface area contributed by atoms with Crippen LogP contribution in [-0.2, 0) is 6.18 Å². The van der Waals surface area contributed by atoms with Crippen molar-refractivity contribution in [1.82, 2.24) is 4.98 Å². The molecule has 10 heteroatoms. The molecule has 0 radical (unpaired) electrons. The van der Waals surface area contributed by atoms with E-state index < -0.39 is 58.0 Å². The summed E-state index contributed by atoms with van der Waals surface area (Å²) in [7, 11) is 0. The van der Waals surface area contributed by atoms with Crippen molar-refractivity contribution in [3.8, 4) is 11.1 Å². The van der Waals surface area contributed by atoms with Crippen LogP contribution in [-0.4, -0.2) is 4.98 Å². The molecule has 1 aromatic carbocycles. The summed E-state index contributed by atoms with van der Waals surface area (Å²) in [5.41, 5.74) is -5.42. The Morgan fingerprint density at radius 2 is 1.14 bits per heavy atom. The third-order valence-electron chi connectivity index (χ3n) is 2.61. The molecule has 1 heterocycles. The number of aromatic nitrogens is 1. The van der Waals surface area contributed by atoms with Crippen LogP contribution in [0.4, 0.5) is 39.5 Å². The molecular weight excluding hydrogens is 329 g/mol. The predicted octanol–water partition coefficient (Wildman–Crippen LogP) is 4.60. The molecule has 0 aliphatic rings. The van der Waals surface area contributed by atoms with E-state index in [4.69, 9.17) is 0 Å². The summed E-state index contributed by atoms with van der Waals surface area (Å²) in [4.78, 5) is 2.42. The Hall–Kier alpha value is -2.26. The zero-order chi connectivity index (χ0) is 16.8. The number of hydrogen-bond acceptors (Lipinski definition) is 1. The molecule has 0 N–H and O–H groups in total. The van der Waals surface area contributed by atoms with Gasteiger partial charge in [0, 0.05) is 5.56 Å². The summed E-state index contributed by atoms with van der Waals surface area (Å²) in [6, 6.07) is 0.520. The van der Waals surface area contributed by atoms with E-state index in [1.165, 1.54) is 0 Å². The molecule has 0 atom stereocenters. The Bertz CT molecular complexity index is 722. The third-order valence-corrected chi connectivity index (χ3v) is 2.61. The lowest BCUT2D eigenvalue weighted by Gasteiger charge is -2.14. The molecule has 22 heavy (non-hydrogen) atoms. The van der Waals surface area contributed by atoms with Gasteiger partial charge in [0.05, 0.1) is 5.56 Å². The van der Waals surface area contributed by atoms with Crippen molar-refractivity contribution in [2.45, 2.75) is 6.18 Å². The normalized spacial score (nSPS) is 11.9. The number of alkyl halides is 3. The molecule has 0 fully saturated rings. The summed E-state index contributed by atoms with van der Waals surface area (Å²) >= 11 is 0. The minimum atomic E-state index is -5.38. The van der Waals surface area contributed by atoms with E-state index in [2.05, 4.69) is 4.98 Å². The first-order valence-electron chi connectivity index (χ1n) is 5.31. The molecule has 118 valence electrons. The molecule has 0 bridgehead atoms. The van der Waals surface area contributed by atoms with Crippen LogP contribution in [0.1, 0.15) is 5.69 Å². The standard InChI is InChI=1S/C12H2F9N/c13-4-2-1-3(11(22-4)12(19,20)21)5-6(14)8(16)10(18)9(17)7(5)15/h1-2H. The van der Waals surface area contributed by atoms with Gasteiger partial charge in [0.15, 0.2) is 29.0 Å². The Morgan fingerprint density at radius 1 is 0.682 bits per heavy atom. The maximum Gasteiger partial charge on any atom is 0.434 e. The van der Waals surface area contributed by atoms with E-state index in [-0.39, 0.29) is 6.07 Å². The average Bonchev–Trinajstić information content (AvgIpc) is 2.43. The smallest absolute Gasteiger partial charge is 0.215 e. The van der Waals surface area contributed by atoms with Gasteiger partial charge in [-0.2, -0.15) is 17.6 Å². The van der Waals surface area contributed by atoms with Crippen LogP contribution in [0.5, 0.6) is 0 Å². The van der Waals surface area contributed by atoms with Crippen LogP contribution in [0.3, 0.4) is 0 Å². The highest BCUT2D eigenvalue weighted by Crippen LogP contribution is 2.39. The average molecular weight is 331 g/mol. The van der Waals surface area contributed by atoms with Crippen LogP contribution in [0.25, 0.3) is 11.1 Å². The topological polar surface area (TPSA) is 12.9 Å². The minimum absolute atomic E-state index is 0.226. The number of hydrogen-bond donors (Lipinski definition) is 0. The molecular formula is C12H2F9N. The highest BCUT2D eigenvalue weighted by Gasteiger charge is 2.39. The minimum Gasteiger partial charge on any atom is -0.215 e. The van der Waals surface area contributed by atoms with Gasteiger partial charge in [-0.3, -0.25) is 0 Å². The quantitative estimate of drug-likeness (QED) is 0.322. The largest absolute Gasteiger partial charge is 0.434 e.